The summed E-state index contributed by atoms with van der Waals surface area (Å²) in [5.74, 6) is 0.483. The fourth-order valence-corrected chi connectivity index (χ4v) is 4.15. The number of benzene rings is 3. The van der Waals surface area contributed by atoms with Gasteiger partial charge >= 0.3 is 0 Å². The average Bonchev–Trinajstić information content (AvgIpc) is 3.26. The summed E-state index contributed by atoms with van der Waals surface area (Å²) in [7, 11) is 0. The summed E-state index contributed by atoms with van der Waals surface area (Å²) < 4.78 is 1.09. The summed E-state index contributed by atoms with van der Waals surface area (Å²) in [6, 6.07) is 18.4. The maximum absolute atomic E-state index is 12.9. The first-order valence-corrected chi connectivity index (χ1v) is 11.8. The second-order valence-electron chi connectivity index (χ2n) is 9.12. The highest BCUT2D eigenvalue weighted by molar-refractivity contribution is 5.97. The zero-order valence-electron chi connectivity index (χ0n) is 20.3. The van der Waals surface area contributed by atoms with Crippen LogP contribution in [0.15, 0.2) is 79.8 Å². The molecule has 1 N–H and O–H groups in total. The summed E-state index contributed by atoms with van der Waals surface area (Å²) in [6.07, 6.45) is 1.99. The van der Waals surface area contributed by atoms with Gasteiger partial charge in [-0.15, -0.1) is 0 Å². The lowest BCUT2D eigenvalue weighted by Crippen LogP contribution is -2.23. The first-order valence-electron chi connectivity index (χ1n) is 11.8. The highest BCUT2D eigenvalue weighted by atomic mass is 16.2. The molecule has 35 heavy (non-hydrogen) atoms. The van der Waals surface area contributed by atoms with E-state index in [1.807, 2.05) is 12.1 Å². The normalized spacial score (nSPS) is 11.2. The fraction of sp³-hybridized carbons (Fsp3) is 0.241. The molecule has 0 saturated heterocycles. The minimum Gasteiger partial charge on any atom is -0.288 e. The first-order chi connectivity index (χ1) is 16.7. The Hall–Kier alpha value is -4.06. The number of hydrogen-bond donors (Lipinski definition) is 1. The molecule has 5 aromatic rings. The zero-order chi connectivity index (χ0) is 25.3. The molecular formula is C29H28N2O4. The van der Waals surface area contributed by atoms with Crippen molar-refractivity contribution in [3.8, 4) is 5.69 Å². The number of aromatic amines is 1. The average molecular weight is 469 g/mol. The number of hydrogen-bond acceptors (Lipinski definition) is 4. The molecule has 2 heterocycles. The molecule has 0 aliphatic carbocycles. The molecule has 0 atom stereocenters. The highest BCUT2D eigenvalue weighted by Crippen LogP contribution is 2.19. The van der Waals surface area contributed by atoms with Crippen LogP contribution in [0.2, 0.25) is 0 Å². The number of nitrogens with one attached hydrogen (secondary N) is 1. The largest absolute Gasteiger partial charge is 0.288 e. The molecule has 6 heteroatoms. The summed E-state index contributed by atoms with van der Waals surface area (Å²) in [5.41, 5.74) is 1.86. The minimum absolute atomic E-state index is 0.121. The van der Waals surface area contributed by atoms with Crippen molar-refractivity contribution in [1.29, 1.82) is 0 Å². The van der Waals surface area contributed by atoms with E-state index in [0.29, 0.717) is 11.6 Å². The van der Waals surface area contributed by atoms with Crippen molar-refractivity contribution in [3.63, 3.8) is 0 Å². The van der Waals surface area contributed by atoms with Crippen LogP contribution in [-0.4, -0.2) is 9.55 Å². The van der Waals surface area contributed by atoms with E-state index >= 15 is 0 Å². The highest BCUT2D eigenvalue weighted by Gasteiger charge is 2.18. The van der Waals surface area contributed by atoms with Gasteiger partial charge in [-0.05, 0) is 53.3 Å². The number of aromatic nitrogens is 2. The van der Waals surface area contributed by atoms with Crippen LogP contribution < -0.4 is 22.2 Å². The minimum atomic E-state index is -0.558. The second-order valence-corrected chi connectivity index (χ2v) is 9.12. The van der Waals surface area contributed by atoms with Crippen LogP contribution in [0.25, 0.3) is 27.2 Å². The molecule has 178 valence electrons. The van der Waals surface area contributed by atoms with Gasteiger partial charge in [0.05, 0.1) is 27.2 Å². The molecule has 2 aromatic heterocycles. The maximum atomic E-state index is 12.9. The van der Waals surface area contributed by atoms with Gasteiger partial charge in [0.25, 0.3) is 22.2 Å². The fourth-order valence-electron chi connectivity index (χ4n) is 4.15. The van der Waals surface area contributed by atoms with Crippen molar-refractivity contribution < 1.29 is 0 Å². The van der Waals surface area contributed by atoms with Crippen LogP contribution in [-0.2, 0) is 6.42 Å². The third-order valence-corrected chi connectivity index (χ3v) is 5.99. The Kier molecular flexibility index (Phi) is 6.65. The molecule has 0 aliphatic rings. The van der Waals surface area contributed by atoms with Gasteiger partial charge in [0, 0.05) is 0 Å². The van der Waals surface area contributed by atoms with E-state index in [1.165, 1.54) is 29.7 Å². The lowest BCUT2D eigenvalue weighted by molar-refractivity contribution is 0.865. The standard InChI is InChI=1S/C26H20N2O4.C3H8/c1-14(2)17-7-3-15(4-8-17)11-16-5-9-18(10-6-16)28-25(31)21-12-19-20(13-22(21)26(28)32)24(30)27-23(19)29;1-3-2/h3-10,12-14H,11H2,1-2H3,(H,27,29,30);3H2,1-2H3. The molecule has 0 saturated carbocycles. The molecule has 0 amide bonds. The Balaban J connectivity index is 0.000000917. The van der Waals surface area contributed by atoms with Gasteiger partial charge in [-0.3, -0.25) is 24.2 Å². The summed E-state index contributed by atoms with van der Waals surface area (Å²) >= 11 is 0. The molecule has 6 nitrogen and oxygen atoms in total. The molecule has 0 radical (unpaired) electrons. The van der Waals surface area contributed by atoms with E-state index in [0.717, 1.165) is 16.6 Å². The molecule has 3 aromatic carbocycles. The van der Waals surface area contributed by atoms with Crippen LogP contribution in [0, 0.1) is 0 Å². The Morgan fingerprint density at radius 3 is 1.54 bits per heavy atom. The Bertz CT molecular complexity index is 1620. The Morgan fingerprint density at radius 1 is 0.686 bits per heavy atom. The first kappa shape index (κ1) is 24.1. The van der Waals surface area contributed by atoms with Crippen LogP contribution in [0.1, 0.15) is 56.7 Å². The lowest BCUT2D eigenvalue weighted by Gasteiger charge is -2.08. The second kappa shape index (κ2) is 9.66. The number of rotatable bonds is 4. The maximum Gasteiger partial charge on any atom is 0.266 e. The third-order valence-electron chi connectivity index (χ3n) is 5.99. The van der Waals surface area contributed by atoms with E-state index in [2.05, 4.69) is 56.9 Å². The van der Waals surface area contributed by atoms with Crippen LogP contribution in [0.3, 0.4) is 0 Å². The van der Waals surface area contributed by atoms with Crippen molar-refractivity contribution in [2.24, 2.45) is 0 Å². The van der Waals surface area contributed by atoms with Gasteiger partial charge < -0.3 is 0 Å². The van der Waals surface area contributed by atoms with Gasteiger partial charge in [0.2, 0.25) is 0 Å². The zero-order valence-corrected chi connectivity index (χ0v) is 20.3. The lowest BCUT2D eigenvalue weighted by atomic mass is 9.99. The van der Waals surface area contributed by atoms with Crippen molar-refractivity contribution in [3.05, 3.63) is 119 Å². The predicted molar refractivity (Wildman–Crippen MR) is 142 cm³/mol. The Labute approximate surface area is 202 Å². The summed E-state index contributed by atoms with van der Waals surface area (Å²) in [5, 5.41) is 0.506. The molecule has 0 aliphatic heterocycles. The Morgan fingerprint density at radius 2 is 1.11 bits per heavy atom. The number of fused-ring (bicyclic) bond motifs is 2. The molecule has 0 spiro atoms. The predicted octanol–water partition coefficient (Wildman–Crippen LogP) is 4.56. The summed E-state index contributed by atoms with van der Waals surface area (Å²) in [6.45, 7) is 8.57. The van der Waals surface area contributed by atoms with Gasteiger partial charge in [-0.25, -0.2) is 4.57 Å². The number of H-pyrrole nitrogens is 1. The van der Waals surface area contributed by atoms with Gasteiger partial charge in [-0.2, -0.15) is 0 Å². The van der Waals surface area contributed by atoms with Gasteiger partial charge in [-0.1, -0.05) is 70.5 Å². The van der Waals surface area contributed by atoms with E-state index < -0.39 is 22.2 Å². The van der Waals surface area contributed by atoms with E-state index in [9.17, 15) is 19.2 Å². The van der Waals surface area contributed by atoms with Crippen molar-refractivity contribution in [2.45, 2.75) is 46.5 Å². The SMILES string of the molecule is CC(C)c1ccc(Cc2ccc(-n3c(=O)c4cc5c(=O)[nH]c(=O)c5cc4c3=O)cc2)cc1.CCC. The van der Waals surface area contributed by atoms with Crippen molar-refractivity contribution in [1.82, 2.24) is 9.55 Å². The summed E-state index contributed by atoms with van der Waals surface area (Å²) in [4.78, 5) is 51.9. The molecule has 0 unspecified atom stereocenters. The van der Waals surface area contributed by atoms with Crippen molar-refractivity contribution >= 4 is 21.5 Å². The molecule has 0 fully saturated rings. The van der Waals surface area contributed by atoms with Crippen LogP contribution >= 0.6 is 0 Å². The van der Waals surface area contributed by atoms with Gasteiger partial charge in [0.15, 0.2) is 0 Å². The van der Waals surface area contributed by atoms with Crippen LogP contribution in [0.5, 0.6) is 0 Å². The van der Waals surface area contributed by atoms with Gasteiger partial charge in [0.1, 0.15) is 0 Å². The smallest absolute Gasteiger partial charge is 0.266 e. The quantitative estimate of drug-likeness (QED) is 0.419. The van der Waals surface area contributed by atoms with Crippen LogP contribution in [0.4, 0.5) is 0 Å². The molecule has 5 rings (SSSR count). The van der Waals surface area contributed by atoms with E-state index in [4.69, 9.17) is 0 Å². The molecular weight excluding hydrogens is 440 g/mol. The number of nitrogens with zero attached hydrogens (tertiary/aromatic N) is 1. The third kappa shape index (κ3) is 4.52. The van der Waals surface area contributed by atoms with E-state index in [1.54, 1.807) is 12.1 Å². The van der Waals surface area contributed by atoms with Crippen molar-refractivity contribution in [2.75, 3.05) is 0 Å². The monoisotopic (exact) mass is 468 g/mol. The topological polar surface area (TPSA) is 89.0 Å². The van der Waals surface area contributed by atoms with E-state index in [-0.39, 0.29) is 21.5 Å². The molecule has 0 bridgehead atoms.